The van der Waals surface area contributed by atoms with Crippen LogP contribution in [0.1, 0.15) is 42.5 Å². The monoisotopic (exact) mass is 280 g/mol. The van der Waals surface area contributed by atoms with Gasteiger partial charge in [0.25, 0.3) is 5.91 Å². The molecule has 1 amide bonds. The first-order valence-corrected chi connectivity index (χ1v) is 6.83. The minimum Gasteiger partial charge on any atom is -0.339 e. The normalized spacial score (nSPS) is 16.4. The van der Waals surface area contributed by atoms with E-state index in [1.54, 1.807) is 4.90 Å². The van der Waals surface area contributed by atoms with Crippen LogP contribution in [-0.2, 0) is 0 Å². The molecule has 0 atom stereocenters. The molecular formula is C14H17FN2O3. The summed E-state index contributed by atoms with van der Waals surface area (Å²) in [5, 5.41) is 10.7. The summed E-state index contributed by atoms with van der Waals surface area (Å²) in [5.41, 5.74) is -0.471. The number of hydrogen-bond donors (Lipinski definition) is 0. The predicted octanol–water partition coefficient (Wildman–Crippen LogP) is 3.14. The Morgan fingerprint density at radius 2 is 1.75 bits per heavy atom. The van der Waals surface area contributed by atoms with E-state index in [0.717, 1.165) is 37.8 Å². The third-order valence-corrected chi connectivity index (χ3v) is 3.53. The number of nitro benzene ring substituents is 1. The first-order chi connectivity index (χ1) is 9.59. The smallest absolute Gasteiger partial charge is 0.305 e. The zero-order valence-corrected chi connectivity index (χ0v) is 11.2. The maximum Gasteiger partial charge on any atom is 0.305 e. The largest absolute Gasteiger partial charge is 0.339 e. The van der Waals surface area contributed by atoms with Gasteiger partial charge in [-0.2, -0.15) is 4.39 Å². The van der Waals surface area contributed by atoms with E-state index in [0.29, 0.717) is 13.1 Å². The highest BCUT2D eigenvalue weighted by molar-refractivity contribution is 5.94. The van der Waals surface area contributed by atoms with Gasteiger partial charge >= 0.3 is 5.69 Å². The molecule has 1 aliphatic heterocycles. The van der Waals surface area contributed by atoms with Crippen molar-refractivity contribution in [3.05, 3.63) is 39.7 Å². The number of benzene rings is 1. The molecule has 0 spiro atoms. The van der Waals surface area contributed by atoms with Gasteiger partial charge < -0.3 is 4.90 Å². The van der Waals surface area contributed by atoms with E-state index in [1.807, 2.05) is 0 Å². The highest BCUT2D eigenvalue weighted by Gasteiger charge is 2.21. The van der Waals surface area contributed by atoms with Crippen molar-refractivity contribution in [2.75, 3.05) is 13.1 Å². The minimum atomic E-state index is -0.917. The molecule has 1 saturated heterocycles. The van der Waals surface area contributed by atoms with Gasteiger partial charge in [-0.15, -0.1) is 0 Å². The maximum absolute atomic E-state index is 13.3. The summed E-state index contributed by atoms with van der Waals surface area (Å²) in [4.78, 5) is 23.9. The molecule has 1 aliphatic rings. The Morgan fingerprint density at radius 3 is 2.35 bits per heavy atom. The van der Waals surface area contributed by atoms with Gasteiger partial charge in [0, 0.05) is 24.7 Å². The zero-order valence-electron chi connectivity index (χ0n) is 11.2. The standard InChI is InChI=1S/C14H17FN2O3/c15-12-7-6-11(10-13(12)17(19)20)14(18)16-8-4-2-1-3-5-9-16/h6-7,10H,1-5,8-9H2. The fourth-order valence-electron chi connectivity index (χ4n) is 2.42. The van der Waals surface area contributed by atoms with Gasteiger partial charge in [-0.1, -0.05) is 19.3 Å². The van der Waals surface area contributed by atoms with Gasteiger partial charge in [-0.05, 0) is 25.0 Å². The van der Waals surface area contributed by atoms with Crippen LogP contribution >= 0.6 is 0 Å². The van der Waals surface area contributed by atoms with E-state index in [4.69, 9.17) is 0 Å². The summed E-state index contributed by atoms with van der Waals surface area (Å²) < 4.78 is 13.3. The molecule has 1 aromatic rings. The molecule has 1 heterocycles. The number of nitro groups is 1. The Hall–Kier alpha value is -1.98. The fourth-order valence-corrected chi connectivity index (χ4v) is 2.42. The van der Waals surface area contributed by atoms with Crippen molar-refractivity contribution in [2.45, 2.75) is 32.1 Å². The van der Waals surface area contributed by atoms with Gasteiger partial charge in [0.1, 0.15) is 0 Å². The third-order valence-electron chi connectivity index (χ3n) is 3.53. The first kappa shape index (κ1) is 14.4. The molecule has 0 aromatic heterocycles. The van der Waals surface area contributed by atoms with Crippen LogP contribution in [0.2, 0.25) is 0 Å². The molecule has 1 fully saturated rings. The second-order valence-electron chi connectivity index (χ2n) is 4.98. The van der Waals surface area contributed by atoms with Crippen molar-refractivity contribution in [3.8, 4) is 0 Å². The molecule has 0 N–H and O–H groups in total. The quantitative estimate of drug-likeness (QED) is 0.617. The molecule has 5 nitrogen and oxygen atoms in total. The Morgan fingerprint density at radius 1 is 1.15 bits per heavy atom. The van der Waals surface area contributed by atoms with Crippen molar-refractivity contribution >= 4 is 11.6 Å². The molecule has 2 rings (SSSR count). The number of hydrogen-bond acceptors (Lipinski definition) is 3. The molecule has 20 heavy (non-hydrogen) atoms. The van der Waals surface area contributed by atoms with Crippen LogP contribution in [0, 0.1) is 15.9 Å². The Kier molecular flexibility index (Phi) is 4.65. The Labute approximate surface area is 116 Å². The second-order valence-corrected chi connectivity index (χ2v) is 4.98. The van der Waals surface area contributed by atoms with Crippen molar-refractivity contribution in [1.82, 2.24) is 4.90 Å². The van der Waals surface area contributed by atoms with Crippen LogP contribution in [-0.4, -0.2) is 28.8 Å². The average Bonchev–Trinajstić information content (AvgIpc) is 2.38. The van der Waals surface area contributed by atoms with E-state index in [-0.39, 0.29) is 11.5 Å². The molecule has 0 bridgehead atoms. The van der Waals surface area contributed by atoms with Gasteiger partial charge in [-0.25, -0.2) is 0 Å². The van der Waals surface area contributed by atoms with E-state index < -0.39 is 16.4 Å². The van der Waals surface area contributed by atoms with E-state index >= 15 is 0 Å². The van der Waals surface area contributed by atoms with Gasteiger partial charge in [0.05, 0.1) is 4.92 Å². The highest BCUT2D eigenvalue weighted by atomic mass is 19.1. The number of likely N-dealkylation sites (tertiary alicyclic amines) is 1. The SMILES string of the molecule is O=C(c1ccc(F)c([N+](=O)[O-])c1)N1CCCCCCC1. The van der Waals surface area contributed by atoms with Gasteiger partial charge in [-0.3, -0.25) is 14.9 Å². The lowest BCUT2D eigenvalue weighted by atomic mass is 10.1. The fraction of sp³-hybridized carbons (Fsp3) is 0.500. The molecule has 108 valence electrons. The van der Waals surface area contributed by atoms with Crippen molar-refractivity contribution < 1.29 is 14.1 Å². The lowest BCUT2D eigenvalue weighted by Gasteiger charge is -2.24. The van der Waals surface area contributed by atoms with E-state index in [2.05, 4.69) is 0 Å². The van der Waals surface area contributed by atoms with Crippen LogP contribution in [0.4, 0.5) is 10.1 Å². The Balaban J connectivity index is 2.19. The first-order valence-electron chi connectivity index (χ1n) is 6.83. The number of halogens is 1. The third kappa shape index (κ3) is 3.31. The van der Waals surface area contributed by atoms with Gasteiger partial charge in [0.15, 0.2) is 0 Å². The van der Waals surface area contributed by atoms with Crippen LogP contribution < -0.4 is 0 Å². The van der Waals surface area contributed by atoms with Crippen molar-refractivity contribution in [3.63, 3.8) is 0 Å². The maximum atomic E-state index is 13.3. The second kappa shape index (κ2) is 6.45. The van der Waals surface area contributed by atoms with Crippen molar-refractivity contribution in [2.24, 2.45) is 0 Å². The van der Waals surface area contributed by atoms with Crippen LogP contribution in [0.5, 0.6) is 0 Å². The summed E-state index contributed by atoms with van der Waals surface area (Å²) in [6, 6.07) is 3.31. The molecule has 0 aliphatic carbocycles. The lowest BCUT2D eigenvalue weighted by molar-refractivity contribution is -0.387. The zero-order chi connectivity index (χ0) is 14.5. The number of rotatable bonds is 2. The molecule has 6 heteroatoms. The average molecular weight is 280 g/mol. The minimum absolute atomic E-state index is 0.179. The molecule has 0 unspecified atom stereocenters. The number of nitrogens with zero attached hydrogens (tertiary/aromatic N) is 2. The van der Waals surface area contributed by atoms with E-state index in [1.165, 1.54) is 12.5 Å². The number of amides is 1. The Bertz CT molecular complexity index is 511. The lowest BCUT2D eigenvalue weighted by Crippen LogP contribution is -2.33. The molecule has 0 radical (unpaired) electrons. The number of carbonyl (C=O) groups is 1. The van der Waals surface area contributed by atoms with Crippen LogP contribution in [0.15, 0.2) is 18.2 Å². The molecular weight excluding hydrogens is 263 g/mol. The predicted molar refractivity (Wildman–Crippen MR) is 72.0 cm³/mol. The molecule has 1 aromatic carbocycles. The topological polar surface area (TPSA) is 63.4 Å². The summed E-state index contributed by atoms with van der Waals surface area (Å²) >= 11 is 0. The summed E-state index contributed by atoms with van der Waals surface area (Å²) in [6.45, 7) is 1.31. The highest BCUT2D eigenvalue weighted by Crippen LogP contribution is 2.20. The van der Waals surface area contributed by atoms with E-state index in [9.17, 15) is 19.3 Å². The van der Waals surface area contributed by atoms with Gasteiger partial charge in [0.2, 0.25) is 5.82 Å². The van der Waals surface area contributed by atoms with Crippen LogP contribution in [0.3, 0.4) is 0 Å². The summed E-state index contributed by atoms with van der Waals surface area (Å²) in [6.07, 6.45) is 5.24. The van der Waals surface area contributed by atoms with Crippen LogP contribution in [0.25, 0.3) is 0 Å². The summed E-state index contributed by atoms with van der Waals surface area (Å²) in [7, 11) is 0. The summed E-state index contributed by atoms with van der Waals surface area (Å²) in [5.74, 6) is -1.17. The van der Waals surface area contributed by atoms with Crippen molar-refractivity contribution in [1.29, 1.82) is 0 Å². The molecule has 0 saturated carbocycles. The number of carbonyl (C=O) groups excluding carboxylic acids is 1.